The Bertz CT molecular complexity index is 3520. The van der Waals surface area contributed by atoms with E-state index in [0.29, 0.717) is 0 Å². The van der Waals surface area contributed by atoms with Gasteiger partial charge in [0.1, 0.15) is 0 Å². The topological polar surface area (TPSA) is 0 Å². The second-order valence-corrected chi connectivity index (χ2v) is 18.1. The number of hydrogen-bond acceptors (Lipinski definition) is 0. The van der Waals surface area contributed by atoms with Crippen LogP contribution in [-0.2, 0) is 5.41 Å². The van der Waals surface area contributed by atoms with Crippen molar-refractivity contribution in [2.45, 2.75) is 26.2 Å². The van der Waals surface area contributed by atoms with E-state index in [1.54, 1.807) is 0 Å². The molecule has 0 saturated carbocycles. The van der Waals surface area contributed by atoms with Crippen LogP contribution >= 0.6 is 0 Å². The Kier molecular flexibility index (Phi) is 8.85. The normalized spacial score (nSPS) is 12.7. The van der Waals surface area contributed by atoms with Gasteiger partial charge in [0.2, 0.25) is 0 Å². The van der Waals surface area contributed by atoms with E-state index >= 15 is 0 Å². The van der Waals surface area contributed by atoms with Gasteiger partial charge in [-0.15, -0.1) is 0 Å². The SMILES string of the molecule is Cc1c2ccccc2c(-c2ccc(-c3ccc(-c4ccc(-c5ccc6c(c5)C(C)(C)c5cc(-c7ccc(-c8cccc9ccccc89)cc7)ccc5-6)cc4)cc3)cc2)c2ccccc12. The third kappa shape index (κ3) is 6.21. The van der Waals surface area contributed by atoms with Crippen LogP contribution in [-0.4, -0.2) is 0 Å². The summed E-state index contributed by atoms with van der Waals surface area (Å²) in [5, 5.41) is 7.80. The molecule has 0 aromatic heterocycles. The quantitative estimate of drug-likeness (QED) is 0.147. The second-order valence-electron chi connectivity index (χ2n) is 18.1. The molecule has 11 aromatic carbocycles. The first-order valence-electron chi connectivity index (χ1n) is 22.5. The fourth-order valence-electron chi connectivity index (χ4n) is 10.6. The van der Waals surface area contributed by atoms with Gasteiger partial charge in [-0.3, -0.25) is 0 Å². The molecule has 12 rings (SSSR count). The number of fused-ring (bicyclic) bond motifs is 6. The van der Waals surface area contributed by atoms with Crippen molar-refractivity contribution in [1.82, 2.24) is 0 Å². The molecular weight excluding hydrogens is 769 g/mol. The number of rotatable bonds is 6. The van der Waals surface area contributed by atoms with E-state index in [9.17, 15) is 0 Å². The number of aryl methyl sites for hydroxylation is 1. The van der Waals surface area contributed by atoms with Crippen LogP contribution < -0.4 is 0 Å². The van der Waals surface area contributed by atoms with Crippen molar-refractivity contribution in [2.75, 3.05) is 0 Å². The van der Waals surface area contributed by atoms with E-state index in [1.165, 1.54) is 127 Å². The Morgan fingerprint density at radius 1 is 0.266 bits per heavy atom. The largest absolute Gasteiger partial charge is 0.0616 e. The summed E-state index contributed by atoms with van der Waals surface area (Å²) >= 11 is 0. The van der Waals surface area contributed by atoms with Gasteiger partial charge in [-0.2, -0.15) is 0 Å². The summed E-state index contributed by atoms with van der Waals surface area (Å²) in [4.78, 5) is 0. The van der Waals surface area contributed by atoms with Gasteiger partial charge in [0.25, 0.3) is 0 Å². The molecule has 0 aliphatic heterocycles. The van der Waals surface area contributed by atoms with E-state index in [4.69, 9.17) is 0 Å². The summed E-state index contributed by atoms with van der Waals surface area (Å²) in [5.41, 5.74) is 21.6. The number of hydrogen-bond donors (Lipinski definition) is 0. The van der Waals surface area contributed by atoms with Crippen molar-refractivity contribution in [3.05, 3.63) is 241 Å². The van der Waals surface area contributed by atoms with Gasteiger partial charge in [-0.05, 0) is 146 Å². The van der Waals surface area contributed by atoms with Gasteiger partial charge in [0, 0.05) is 5.41 Å². The van der Waals surface area contributed by atoms with Gasteiger partial charge in [-0.25, -0.2) is 0 Å². The maximum Gasteiger partial charge on any atom is 0.0159 e. The molecule has 0 fully saturated rings. The van der Waals surface area contributed by atoms with Gasteiger partial charge >= 0.3 is 0 Å². The molecular formula is C64H46. The van der Waals surface area contributed by atoms with Gasteiger partial charge in [0.15, 0.2) is 0 Å². The molecule has 64 heavy (non-hydrogen) atoms. The van der Waals surface area contributed by atoms with Crippen molar-refractivity contribution in [3.8, 4) is 77.9 Å². The summed E-state index contributed by atoms with van der Waals surface area (Å²) in [6.07, 6.45) is 0. The van der Waals surface area contributed by atoms with Crippen molar-refractivity contribution in [3.63, 3.8) is 0 Å². The van der Waals surface area contributed by atoms with Crippen LogP contribution in [0.25, 0.3) is 110 Å². The predicted octanol–water partition coefficient (Wildman–Crippen LogP) is 17.8. The van der Waals surface area contributed by atoms with Crippen LogP contribution in [0.3, 0.4) is 0 Å². The van der Waals surface area contributed by atoms with Crippen molar-refractivity contribution in [1.29, 1.82) is 0 Å². The Labute approximate surface area is 375 Å². The lowest BCUT2D eigenvalue weighted by Crippen LogP contribution is -2.15. The molecule has 0 radical (unpaired) electrons. The molecule has 0 nitrogen and oxygen atoms in total. The Morgan fingerprint density at radius 3 is 1.08 bits per heavy atom. The average Bonchev–Trinajstić information content (AvgIpc) is 3.58. The maximum absolute atomic E-state index is 2.42. The summed E-state index contributed by atoms with van der Waals surface area (Å²) in [7, 11) is 0. The monoisotopic (exact) mass is 814 g/mol. The van der Waals surface area contributed by atoms with E-state index < -0.39 is 0 Å². The minimum atomic E-state index is -0.120. The number of benzene rings is 11. The lowest BCUT2D eigenvalue weighted by Gasteiger charge is -2.22. The zero-order chi connectivity index (χ0) is 42.9. The van der Waals surface area contributed by atoms with Crippen LogP contribution in [0.5, 0.6) is 0 Å². The molecule has 0 bridgehead atoms. The lowest BCUT2D eigenvalue weighted by atomic mass is 9.80. The first kappa shape index (κ1) is 37.9. The zero-order valence-electron chi connectivity index (χ0n) is 36.4. The molecule has 0 atom stereocenters. The third-order valence-corrected chi connectivity index (χ3v) is 14.1. The van der Waals surface area contributed by atoms with Crippen molar-refractivity contribution >= 4 is 32.3 Å². The molecule has 1 aliphatic rings. The summed E-state index contributed by atoms with van der Waals surface area (Å²) in [5.74, 6) is 0. The standard InChI is InChI=1S/C64H46/c1-41-53-13-6-8-16-59(53)63(60-17-9-7-14-54(41)60)50-33-29-45(30-34-50)43-21-19-42(20-22-43)44-23-25-46(26-24-44)51-35-37-57-58-38-36-52(40-62(58)64(2,3)61(57)39-51)47-27-31-49(32-28-47)56-18-10-12-48-11-4-5-15-55(48)56/h4-40H,1-3H3. The fraction of sp³-hybridized carbons (Fsp3) is 0.0625. The molecule has 1 aliphatic carbocycles. The second kappa shape index (κ2) is 14.9. The fourth-order valence-corrected chi connectivity index (χ4v) is 10.6. The maximum atomic E-state index is 2.42. The smallest absolute Gasteiger partial charge is 0.0159 e. The highest BCUT2D eigenvalue weighted by Gasteiger charge is 2.36. The molecule has 0 saturated heterocycles. The molecule has 0 heteroatoms. The highest BCUT2D eigenvalue weighted by atomic mass is 14.4. The first-order valence-corrected chi connectivity index (χ1v) is 22.5. The zero-order valence-corrected chi connectivity index (χ0v) is 36.4. The minimum Gasteiger partial charge on any atom is -0.0616 e. The van der Waals surface area contributed by atoms with E-state index in [-0.39, 0.29) is 5.41 Å². The molecule has 0 amide bonds. The summed E-state index contributed by atoms with van der Waals surface area (Å²) in [6.45, 7) is 7.00. The van der Waals surface area contributed by atoms with Crippen molar-refractivity contribution < 1.29 is 0 Å². The minimum absolute atomic E-state index is 0.120. The van der Waals surface area contributed by atoms with Gasteiger partial charge in [-0.1, -0.05) is 226 Å². The Morgan fingerprint density at radius 2 is 0.609 bits per heavy atom. The van der Waals surface area contributed by atoms with Crippen LogP contribution in [0, 0.1) is 6.92 Å². The van der Waals surface area contributed by atoms with Crippen LogP contribution in [0.2, 0.25) is 0 Å². The van der Waals surface area contributed by atoms with Crippen LogP contribution in [0.1, 0.15) is 30.5 Å². The molecule has 302 valence electrons. The third-order valence-electron chi connectivity index (χ3n) is 14.1. The van der Waals surface area contributed by atoms with E-state index in [1.807, 2.05) is 0 Å². The molecule has 0 N–H and O–H groups in total. The Balaban J connectivity index is 0.772. The molecule has 0 heterocycles. The van der Waals surface area contributed by atoms with Gasteiger partial charge < -0.3 is 0 Å². The van der Waals surface area contributed by atoms with Crippen LogP contribution in [0.4, 0.5) is 0 Å². The summed E-state index contributed by atoms with van der Waals surface area (Å²) < 4.78 is 0. The predicted molar refractivity (Wildman–Crippen MR) is 274 cm³/mol. The molecule has 0 spiro atoms. The Hall–Kier alpha value is -7.80. The van der Waals surface area contributed by atoms with Crippen LogP contribution in [0.15, 0.2) is 224 Å². The average molecular weight is 815 g/mol. The first-order chi connectivity index (χ1) is 31.4. The van der Waals surface area contributed by atoms with E-state index in [0.717, 1.165) is 0 Å². The molecule has 0 unspecified atom stereocenters. The summed E-state index contributed by atoms with van der Waals surface area (Å²) in [6, 6.07) is 83.2. The lowest BCUT2D eigenvalue weighted by molar-refractivity contribution is 0.661. The van der Waals surface area contributed by atoms with E-state index in [2.05, 4.69) is 245 Å². The highest BCUT2D eigenvalue weighted by Crippen LogP contribution is 2.51. The molecule has 11 aromatic rings. The van der Waals surface area contributed by atoms with Gasteiger partial charge in [0.05, 0.1) is 0 Å². The van der Waals surface area contributed by atoms with Crippen molar-refractivity contribution in [2.24, 2.45) is 0 Å². The highest BCUT2D eigenvalue weighted by molar-refractivity contribution is 6.15.